The molecule has 2 aromatic rings. The molecule has 0 spiro atoms. The van der Waals surface area contributed by atoms with Gasteiger partial charge in [-0.1, -0.05) is 25.1 Å². The molecule has 1 aromatic heterocycles. The van der Waals surface area contributed by atoms with Crippen LogP contribution >= 0.6 is 0 Å². The topological polar surface area (TPSA) is 44.9 Å². The molecule has 0 saturated carbocycles. The number of aromatic amines is 1. The number of rotatable bonds is 3. The first-order valence-corrected chi connectivity index (χ1v) is 7.18. The van der Waals surface area contributed by atoms with Crippen molar-refractivity contribution in [3.8, 4) is 0 Å². The first kappa shape index (κ1) is 12.3. The standard InChI is InChI=1S/C16H20N2O/c1-2-6-15(19)18-14-10-5-9-13-16(14)11-7-3-4-8-12(11)17-13/h3-4,7-8,14,17H,2,5-6,9-10H2,1H3,(H,18,19). The van der Waals surface area contributed by atoms with Gasteiger partial charge in [-0.25, -0.2) is 0 Å². The molecule has 1 heterocycles. The Bertz CT molecular complexity index is 600. The summed E-state index contributed by atoms with van der Waals surface area (Å²) in [6, 6.07) is 8.55. The minimum Gasteiger partial charge on any atom is -0.358 e. The monoisotopic (exact) mass is 256 g/mol. The summed E-state index contributed by atoms with van der Waals surface area (Å²) >= 11 is 0. The zero-order valence-corrected chi connectivity index (χ0v) is 11.3. The maximum atomic E-state index is 11.9. The zero-order chi connectivity index (χ0) is 13.2. The Morgan fingerprint density at radius 2 is 2.26 bits per heavy atom. The first-order chi connectivity index (χ1) is 9.29. The average molecular weight is 256 g/mol. The lowest BCUT2D eigenvalue weighted by Gasteiger charge is -2.24. The fourth-order valence-electron chi connectivity index (χ4n) is 3.08. The molecule has 19 heavy (non-hydrogen) atoms. The van der Waals surface area contributed by atoms with E-state index < -0.39 is 0 Å². The highest BCUT2D eigenvalue weighted by molar-refractivity contribution is 5.86. The van der Waals surface area contributed by atoms with Crippen LogP contribution in [-0.2, 0) is 11.2 Å². The van der Waals surface area contributed by atoms with Crippen molar-refractivity contribution in [1.82, 2.24) is 10.3 Å². The molecule has 3 nitrogen and oxygen atoms in total. The Morgan fingerprint density at radius 3 is 3.11 bits per heavy atom. The van der Waals surface area contributed by atoms with Gasteiger partial charge in [0.2, 0.25) is 5.91 Å². The largest absolute Gasteiger partial charge is 0.358 e. The van der Waals surface area contributed by atoms with E-state index in [9.17, 15) is 4.79 Å². The van der Waals surface area contributed by atoms with Gasteiger partial charge in [0.15, 0.2) is 0 Å². The van der Waals surface area contributed by atoms with Gasteiger partial charge in [0.05, 0.1) is 6.04 Å². The van der Waals surface area contributed by atoms with E-state index in [2.05, 4.69) is 34.6 Å². The summed E-state index contributed by atoms with van der Waals surface area (Å²) in [7, 11) is 0. The number of H-pyrrole nitrogens is 1. The molecule has 2 N–H and O–H groups in total. The van der Waals surface area contributed by atoms with Gasteiger partial charge < -0.3 is 10.3 Å². The van der Waals surface area contributed by atoms with Gasteiger partial charge in [-0.15, -0.1) is 0 Å². The highest BCUT2D eigenvalue weighted by Crippen LogP contribution is 2.35. The number of carbonyl (C=O) groups excluding carboxylic acids is 1. The fraction of sp³-hybridized carbons (Fsp3) is 0.438. The number of fused-ring (bicyclic) bond motifs is 3. The van der Waals surface area contributed by atoms with Gasteiger partial charge in [-0.3, -0.25) is 4.79 Å². The Morgan fingerprint density at radius 1 is 1.42 bits per heavy atom. The average Bonchev–Trinajstić information content (AvgIpc) is 2.78. The Labute approximate surface area is 113 Å². The third kappa shape index (κ3) is 2.25. The van der Waals surface area contributed by atoms with E-state index in [0.717, 1.165) is 25.7 Å². The van der Waals surface area contributed by atoms with Crippen molar-refractivity contribution < 1.29 is 4.79 Å². The van der Waals surface area contributed by atoms with Crippen molar-refractivity contribution in [2.45, 2.75) is 45.1 Å². The molecule has 0 bridgehead atoms. The van der Waals surface area contributed by atoms with Gasteiger partial charge in [-0.2, -0.15) is 0 Å². The van der Waals surface area contributed by atoms with Crippen molar-refractivity contribution in [2.75, 3.05) is 0 Å². The van der Waals surface area contributed by atoms with Crippen LogP contribution in [0.3, 0.4) is 0 Å². The second-order valence-corrected chi connectivity index (χ2v) is 5.33. The lowest BCUT2D eigenvalue weighted by molar-refractivity contribution is -0.121. The number of hydrogen-bond acceptors (Lipinski definition) is 1. The second kappa shape index (κ2) is 5.08. The van der Waals surface area contributed by atoms with Crippen molar-refractivity contribution in [3.63, 3.8) is 0 Å². The molecule has 1 atom stereocenters. The SMILES string of the molecule is CCCC(=O)NC1CCCc2[nH]c3ccccc3c21. The second-order valence-electron chi connectivity index (χ2n) is 5.33. The summed E-state index contributed by atoms with van der Waals surface area (Å²) in [4.78, 5) is 15.4. The molecule has 0 fully saturated rings. The fourth-order valence-corrected chi connectivity index (χ4v) is 3.08. The number of nitrogens with one attached hydrogen (secondary N) is 2. The smallest absolute Gasteiger partial charge is 0.220 e. The van der Waals surface area contributed by atoms with E-state index in [-0.39, 0.29) is 11.9 Å². The van der Waals surface area contributed by atoms with Gasteiger partial charge in [0.25, 0.3) is 0 Å². The Hall–Kier alpha value is -1.77. The molecule has 3 heteroatoms. The lowest BCUT2D eigenvalue weighted by Crippen LogP contribution is -2.30. The summed E-state index contributed by atoms with van der Waals surface area (Å²) < 4.78 is 0. The molecule has 1 amide bonds. The number of aryl methyl sites for hydroxylation is 1. The zero-order valence-electron chi connectivity index (χ0n) is 11.3. The van der Waals surface area contributed by atoms with Gasteiger partial charge >= 0.3 is 0 Å². The molecule has 0 radical (unpaired) electrons. The predicted molar refractivity (Wildman–Crippen MR) is 77.0 cm³/mol. The van der Waals surface area contributed by atoms with Gasteiger partial charge in [0.1, 0.15) is 0 Å². The third-order valence-corrected chi connectivity index (χ3v) is 3.91. The number of amides is 1. The third-order valence-electron chi connectivity index (χ3n) is 3.91. The minimum atomic E-state index is 0.172. The number of aromatic nitrogens is 1. The highest BCUT2D eigenvalue weighted by Gasteiger charge is 2.25. The molecule has 1 aliphatic rings. The molecule has 1 unspecified atom stereocenters. The maximum Gasteiger partial charge on any atom is 0.220 e. The van der Waals surface area contributed by atoms with E-state index in [1.165, 1.54) is 22.2 Å². The van der Waals surface area contributed by atoms with Crippen LogP contribution in [0.15, 0.2) is 24.3 Å². The summed E-state index contributed by atoms with van der Waals surface area (Å²) in [5.74, 6) is 0.172. The lowest BCUT2D eigenvalue weighted by atomic mass is 9.90. The number of para-hydroxylation sites is 1. The van der Waals surface area contributed by atoms with Crippen molar-refractivity contribution in [1.29, 1.82) is 0 Å². The van der Waals surface area contributed by atoms with Gasteiger partial charge in [-0.05, 0) is 31.7 Å². The molecule has 1 aliphatic carbocycles. The van der Waals surface area contributed by atoms with E-state index in [1.807, 2.05) is 6.92 Å². The van der Waals surface area contributed by atoms with E-state index in [1.54, 1.807) is 0 Å². The molecule has 100 valence electrons. The minimum absolute atomic E-state index is 0.172. The molecular formula is C16H20N2O. The van der Waals surface area contributed by atoms with Crippen molar-refractivity contribution in [3.05, 3.63) is 35.5 Å². The van der Waals surface area contributed by atoms with Crippen LogP contribution in [0.4, 0.5) is 0 Å². The van der Waals surface area contributed by atoms with Crippen LogP contribution in [0.5, 0.6) is 0 Å². The molecule has 1 aromatic carbocycles. The molecular weight excluding hydrogens is 236 g/mol. The summed E-state index contributed by atoms with van der Waals surface area (Å²) in [6.07, 6.45) is 4.79. The predicted octanol–water partition coefficient (Wildman–Crippen LogP) is 3.46. The van der Waals surface area contributed by atoms with Crippen molar-refractivity contribution in [2.24, 2.45) is 0 Å². The van der Waals surface area contributed by atoms with Crippen LogP contribution in [-0.4, -0.2) is 10.9 Å². The number of hydrogen-bond donors (Lipinski definition) is 2. The summed E-state index contributed by atoms with van der Waals surface area (Å²) in [5, 5.41) is 4.46. The highest BCUT2D eigenvalue weighted by atomic mass is 16.1. The number of carbonyl (C=O) groups is 1. The molecule has 3 rings (SSSR count). The van der Waals surface area contributed by atoms with E-state index >= 15 is 0 Å². The van der Waals surface area contributed by atoms with Crippen LogP contribution in [0.2, 0.25) is 0 Å². The van der Waals surface area contributed by atoms with Crippen LogP contribution in [0.1, 0.15) is 49.9 Å². The Kier molecular flexibility index (Phi) is 3.28. The molecule has 0 saturated heterocycles. The van der Waals surface area contributed by atoms with Crippen molar-refractivity contribution >= 4 is 16.8 Å². The van der Waals surface area contributed by atoms with Crippen LogP contribution in [0, 0.1) is 0 Å². The van der Waals surface area contributed by atoms with Crippen LogP contribution < -0.4 is 5.32 Å². The van der Waals surface area contributed by atoms with Gasteiger partial charge in [0, 0.05) is 28.6 Å². The quantitative estimate of drug-likeness (QED) is 0.868. The summed E-state index contributed by atoms with van der Waals surface area (Å²) in [5.41, 5.74) is 3.80. The first-order valence-electron chi connectivity index (χ1n) is 7.18. The normalized spacial score (nSPS) is 18.3. The van der Waals surface area contributed by atoms with Crippen LogP contribution in [0.25, 0.3) is 10.9 Å². The number of benzene rings is 1. The van der Waals surface area contributed by atoms with E-state index in [0.29, 0.717) is 6.42 Å². The Balaban J connectivity index is 1.96. The summed E-state index contributed by atoms with van der Waals surface area (Å²) in [6.45, 7) is 2.04. The molecule has 0 aliphatic heterocycles. The van der Waals surface area contributed by atoms with E-state index in [4.69, 9.17) is 0 Å². The maximum absolute atomic E-state index is 11.9.